The number of methoxy groups -OCH3 is 1. The van der Waals surface area contributed by atoms with Crippen LogP contribution in [0.3, 0.4) is 0 Å². The standard InChI is InChI=1S/C55H75N4O6.Mg/c1-13-39-34(7)41-29-46-48(38(11)60)36(9)43(57-46)27-42-35(8)40(52(58-42)50-51(55(63)64-12)54(62)49-37(10)44(59-53(49)50)28-45(39)56-41)23-24-47(61)65-26-25-33(6)22-16-21-32(5)20-15-19-31(4)18-14-17-30(2)3;/h25,27-32,34-35,39-40,51H,13-24,26H2,1-12H3,(H-,56,57,58,59,60,62);/q-1;+2/p-1/b33-25+;/t31?,32?,34-,35+,39-,40+,51-;/m1./s1. The third-order valence-corrected chi connectivity index (χ3v) is 14.8. The Hall–Kier alpha value is -4.09. The summed E-state index contributed by atoms with van der Waals surface area (Å²) >= 11 is 0. The summed E-state index contributed by atoms with van der Waals surface area (Å²) in [6.45, 7) is 23.3. The maximum atomic E-state index is 14.4. The third-order valence-electron chi connectivity index (χ3n) is 14.8. The predicted molar refractivity (Wildman–Crippen MR) is 265 cm³/mol. The van der Waals surface area contributed by atoms with Crippen molar-refractivity contribution in [3.8, 4) is 0 Å². The molecule has 5 heterocycles. The SMILES string of the molecule is CC[C@H]1c2cc3[n-]c4c(c3C)C(=O)[C@H](C(=O)OC)c4c3nc(cc4[n-]c(cc(n2)[C@@H]1C)c(C(C)=O)c4C)[C@@H](C)[C@@H]3CCC(=O)OC/C=C(\C)CCCC(C)CCCC(C)CCCC(C)C.[Mg+2]. The molecule has 0 spiro atoms. The van der Waals surface area contributed by atoms with Gasteiger partial charge in [-0.25, -0.2) is 0 Å². The fourth-order valence-corrected chi connectivity index (χ4v) is 10.6. The molecule has 3 aromatic rings. The topological polar surface area (TPSA) is 141 Å². The molecule has 3 aromatic heterocycles. The molecule has 0 aromatic carbocycles. The number of hydrogen-bond acceptors (Lipinski definition) is 8. The van der Waals surface area contributed by atoms with Crippen LogP contribution in [0.15, 0.2) is 29.8 Å². The molecule has 3 aliphatic rings. The number of fused-ring (bicyclic) bond motifs is 8. The van der Waals surface area contributed by atoms with Crippen LogP contribution >= 0.6 is 0 Å². The van der Waals surface area contributed by atoms with Gasteiger partial charge >= 0.3 is 35.0 Å². The van der Waals surface area contributed by atoms with E-state index in [9.17, 15) is 19.2 Å². The summed E-state index contributed by atoms with van der Waals surface area (Å²) in [6, 6.07) is 5.79. The Morgan fingerprint density at radius 1 is 0.773 bits per heavy atom. The number of carbonyl (C=O) groups is 4. The number of hydrogen-bond donors (Lipinski definition) is 0. The minimum Gasteiger partial charge on any atom is -0.657 e. The van der Waals surface area contributed by atoms with Crippen LogP contribution < -0.4 is 9.97 Å². The van der Waals surface area contributed by atoms with E-state index >= 15 is 0 Å². The first-order valence-electron chi connectivity index (χ1n) is 24.6. The van der Waals surface area contributed by atoms with Gasteiger partial charge in [0.05, 0.1) is 7.11 Å². The molecule has 1 aliphatic carbocycles. The number of Topliss-reactive ketones (excluding diaryl/α,β-unsaturated/α-hetero) is 2. The molecule has 0 amide bonds. The van der Waals surface area contributed by atoms with E-state index in [0.717, 1.165) is 48.0 Å². The summed E-state index contributed by atoms with van der Waals surface area (Å²) in [7, 11) is 1.28. The first kappa shape index (κ1) is 52.9. The van der Waals surface area contributed by atoms with Gasteiger partial charge in [-0.15, -0.1) is 22.1 Å². The van der Waals surface area contributed by atoms with Crippen molar-refractivity contribution in [2.75, 3.05) is 13.7 Å². The van der Waals surface area contributed by atoms with E-state index < -0.39 is 11.9 Å². The second-order valence-corrected chi connectivity index (χ2v) is 20.2. The summed E-state index contributed by atoms with van der Waals surface area (Å²) in [5.74, 6) is -0.869. The first-order chi connectivity index (χ1) is 30.9. The van der Waals surface area contributed by atoms with E-state index in [-0.39, 0.29) is 77.3 Å². The second-order valence-electron chi connectivity index (χ2n) is 20.2. The van der Waals surface area contributed by atoms with Crippen molar-refractivity contribution in [2.24, 2.45) is 17.8 Å². The smallest absolute Gasteiger partial charge is 0.657 e. The van der Waals surface area contributed by atoms with Gasteiger partial charge in [0.1, 0.15) is 12.5 Å². The summed E-state index contributed by atoms with van der Waals surface area (Å²) < 4.78 is 11.0. The number of ketones is 2. The van der Waals surface area contributed by atoms with Gasteiger partial charge in [-0.2, -0.15) is 0 Å². The van der Waals surface area contributed by atoms with E-state index in [0.29, 0.717) is 68.0 Å². The molecule has 2 unspecified atom stereocenters. The summed E-state index contributed by atoms with van der Waals surface area (Å²) in [5.41, 5.74) is 9.10. The van der Waals surface area contributed by atoms with Crippen molar-refractivity contribution in [1.82, 2.24) is 19.9 Å². The molecule has 7 atom stereocenters. The van der Waals surface area contributed by atoms with Crippen molar-refractivity contribution >= 4 is 68.6 Å². The van der Waals surface area contributed by atoms with Crippen molar-refractivity contribution in [1.29, 1.82) is 0 Å². The van der Waals surface area contributed by atoms with Gasteiger partial charge in [-0.3, -0.25) is 29.1 Å². The van der Waals surface area contributed by atoms with Crippen molar-refractivity contribution < 1.29 is 28.7 Å². The quantitative estimate of drug-likeness (QED) is 0.0354. The molecule has 0 fully saturated rings. The Bertz CT molecular complexity index is 2460. The van der Waals surface area contributed by atoms with Crippen LogP contribution in [0.1, 0.15) is 229 Å². The number of nitrogens with zero attached hydrogens (tertiary/aromatic N) is 4. The number of allylic oxidation sites excluding steroid dienone is 1. The summed E-state index contributed by atoms with van der Waals surface area (Å²) in [6.07, 6.45) is 14.5. The molecule has 11 heteroatoms. The zero-order valence-corrected chi connectivity index (χ0v) is 43.5. The van der Waals surface area contributed by atoms with E-state index in [1.165, 1.54) is 57.6 Å². The summed E-state index contributed by atoms with van der Waals surface area (Å²) in [5, 5.41) is 0. The number of aryl methyl sites for hydroxylation is 2. The summed E-state index contributed by atoms with van der Waals surface area (Å²) in [4.78, 5) is 75.0. The zero-order valence-electron chi connectivity index (χ0n) is 42.1. The Balaban J connectivity index is 0.00000817. The van der Waals surface area contributed by atoms with Crippen molar-refractivity contribution in [3.05, 3.63) is 80.4 Å². The molecule has 10 nitrogen and oxygen atoms in total. The van der Waals surface area contributed by atoms with E-state index in [4.69, 9.17) is 29.4 Å². The van der Waals surface area contributed by atoms with Crippen LogP contribution in [0.2, 0.25) is 0 Å². The molecule has 0 radical (unpaired) electrons. The average Bonchev–Trinajstić information content (AvgIpc) is 4.00. The largest absolute Gasteiger partial charge is 2.00 e. The minimum atomic E-state index is -1.25. The Morgan fingerprint density at radius 3 is 2.00 bits per heavy atom. The fourth-order valence-electron chi connectivity index (χ4n) is 10.6. The molecular weight excluding hydrogens is 837 g/mol. The van der Waals surface area contributed by atoms with Crippen molar-refractivity contribution in [2.45, 2.75) is 183 Å². The average molecular weight is 912 g/mol. The van der Waals surface area contributed by atoms with Gasteiger partial charge < -0.3 is 19.4 Å². The Labute approximate surface area is 409 Å². The van der Waals surface area contributed by atoms with Gasteiger partial charge in [0.2, 0.25) is 0 Å². The van der Waals surface area contributed by atoms with Crippen LogP contribution in [0, 0.1) is 31.6 Å². The number of esters is 2. The first-order valence-corrected chi connectivity index (χ1v) is 24.6. The maximum absolute atomic E-state index is 14.4. The molecule has 0 N–H and O–H groups in total. The van der Waals surface area contributed by atoms with Gasteiger partial charge in [0.25, 0.3) is 0 Å². The number of ether oxygens (including phenoxy) is 2. The molecule has 0 saturated carbocycles. The van der Waals surface area contributed by atoms with Crippen molar-refractivity contribution in [3.63, 3.8) is 0 Å². The maximum Gasteiger partial charge on any atom is 2.00 e. The van der Waals surface area contributed by atoms with Crippen LogP contribution in [0.5, 0.6) is 0 Å². The Morgan fingerprint density at radius 2 is 1.36 bits per heavy atom. The molecule has 2 aliphatic heterocycles. The molecule has 352 valence electrons. The van der Waals surface area contributed by atoms with Crippen LogP contribution in [-0.2, 0) is 19.1 Å². The molecule has 8 bridgehead atoms. The van der Waals surface area contributed by atoms with E-state index in [1.54, 1.807) is 6.92 Å². The fraction of sp³-hybridized carbons (Fsp3) is 0.600. The Kier molecular flexibility index (Phi) is 18.6. The van der Waals surface area contributed by atoms with E-state index in [2.05, 4.69) is 48.5 Å². The van der Waals surface area contributed by atoms with Crippen LogP contribution in [-0.4, -0.2) is 70.2 Å². The normalized spacial score (nSPS) is 20.0. The minimum absolute atomic E-state index is 0. The second kappa shape index (κ2) is 23.3. The van der Waals surface area contributed by atoms with Gasteiger partial charge in [0, 0.05) is 64.0 Å². The number of carbonyl (C=O) groups excluding carboxylic acids is 4. The molecule has 66 heavy (non-hydrogen) atoms. The van der Waals surface area contributed by atoms with Gasteiger partial charge in [-0.1, -0.05) is 128 Å². The predicted octanol–water partition coefficient (Wildman–Crippen LogP) is 12.4. The number of aromatic nitrogens is 4. The third kappa shape index (κ3) is 11.8. The van der Waals surface area contributed by atoms with Gasteiger partial charge in [0.15, 0.2) is 11.6 Å². The zero-order chi connectivity index (χ0) is 47.3. The molecule has 6 rings (SSSR count). The monoisotopic (exact) mass is 911 g/mol. The molecule has 0 saturated heterocycles. The van der Waals surface area contributed by atoms with Crippen LogP contribution in [0.25, 0.3) is 22.1 Å². The van der Waals surface area contributed by atoms with E-state index in [1.807, 2.05) is 45.0 Å². The van der Waals surface area contributed by atoms with Crippen LogP contribution in [0.4, 0.5) is 0 Å². The molecular formula is C55H74MgN4O6. The number of rotatable bonds is 20. The van der Waals surface area contributed by atoms with Gasteiger partial charge in [-0.05, 0) is 82.8 Å².